The molecule has 1 saturated heterocycles. The van der Waals surface area contributed by atoms with E-state index in [0.717, 1.165) is 5.56 Å². The summed E-state index contributed by atoms with van der Waals surface area (Å²) in [5.41, 5.74) is 0.816. The normalized spacial score (nSPS) is 17.0. The second-order valence-electron chi connectivity index (χ2n) is 6.53. The van der Waals surface area contributed by atoms with Crippen LogP contribution in [0.15, 0.2) is 29.2 Å². The lowest BCUT2D eigenvalue weighted by atomic mass is 10.2. The van der Waals surface area contributed by atoms with E-state index in [2.05, 4.69) is 5.10 Å². The summed E-state index contributed by atoms with van der Waals surface area (Å²) in [6.07, 6.45) is 0. The van der Waals surface area contributed by atoms with E-state index >= 15 is 0 Å². The van der Waals surface area contributed by atoms with Gasteiger partial charge in [-0.05, 0) is 31.5 Å². The number of hydrogen-bond acceptors (Lipinski definition) is 4. The molecule has 0 unspecified atom stereocenters. The number of nitrogens with zero attached hydrogens (tertiary/aromatic N) is 4. The zero-order valence-electron chi connectivity index (χ0n) is 15.1. The molecule has 2 heterocycles. The minimum absolute atomic E-state index is 0.0648. The van der Waals surface area contributed by atoms with E-state index < -0.39 is 16.6 Å². The second kappa shape index (κ2) is 7.61. The quantitative estimate of drug-likeness (QED) is 0.771. The Labute approximate surface area is 156 Å². The summed E-state index contributed by atoms with van der Waals surface area (Å²) in [5, 5.41) is 3.66. The maximum Gasteiger partial charge on any atom is 0.333 e. The maximum absolute atomic E-state index is 13.3. The molecule has 27 heavy (non-hydrogen) atoms. The molecule has 0 amide bonds. The van der Waals surface area contributed by atoms with E-state index in [-0.39, 0.29) is 35.2 Å². The van der Waals surface area contributed by atoms with Gasteiger partial charge in [-0.15, -0.1) is 0 Å². The van der Waals surface area contributed by atoms with Crippen LogP contribution in [0, 0.1) is 19.7 Å². The Bertz CT molecular complexity index is 922. The summed E-state index contributed by atoms with van der Waals surface area (Å²) in [7, 11) is -3.91. The Morgan fingerprint density at radius 2 is 1.81 bits per heavy atom. The molecule has 1 aliphatic rings. The summed E-state index contributed by atoms with van der Waals surface area (Å²) < 4.78 is 66.9. The lowest BCUT2D eigenvalue weighted by molar-refractivity contribution is 0.0538. The third-order valence-corrected chi connectivity index (χ3v) is 6.82. The summed E-state index contributed by atoms with van der Waals surface area (Å²) >= 11 is 0. The van der Waals surface area contributed by atoms with E-state index in [1.54, 1.807) is 6.07 Å². The van der Waals surface area contributed by atoms with Crippen molar-refractivity contribution < 1.29 is 21.6 Å². The molecule has 1 fully saturated rings. The van der Waals surface area contributed by atoms with Crippen molar-refractivity contribution in [2.45, 2.75) is 31.8 Å². The van der Waals surface area contributed by atoms with Crippen LogP contribution in [0.5, 0.6) is 0 Å². The Balaban J connectivity index is 1.72. The lowest BCUT2D eigenvalue weighted by Gasteiger charge is -2.34. The van der Waals surface area contributed by atoms with Crippen molar-refractivity contribution in [2.75, 3.05) is 26.2 Å². The first-order valence-electron chi connectivity index (χ1n) is 8.51. The molecule has 148 valence electrons. The average molecular weight is 402 g/mol. The molecule has 0 aliphatic carbocycles. The van der Waals surface area contributed by atoms with Gasteiger partial charge in [0.15, 0.2) is 0 Å². The molecule has 10 heteroatoms. The van der Waals surface area contributed by atoms with Crippen LogP contribution in [-0.4, -0.2) is 53.6 Å². The van der Waals surface area contributed by atoms with Gasteiger partial charge in [-0.3, -0.25) is 4.90 Å². The number of aryl methyl sites for hydroxylation is 1. The van der Waals surface area contributed by atoms with Gasteiger partial charge in [0, 0.05) is 32.7 Å². The largest absolute Gasteiger partial charge is 0.333 e. The van der Waals surface area contributed by atoms with Gasteiger partial charge in [-0.1, -0.05) is 12.1 Å². The van der Waals surface area contributed by atoms with Crippen LogP contribution in [0.2, 0.25) is 0 Å². The molecule has 1 aromatic heterocycles. The minimum Gasteiger partial charge on any atom is -0.296 e. The topological polar surface area (TPSA) is 58.4 Å². The predicted molar refractivity (Wildman–Crippen MR) is 93.4 cm³/mol. The van der Waals surface area contributed by atoms with Crippen molar-refractivity contribution >= 4 is 10.0 Å². The van der Waals surface area contributed by atoms with Gasteiger partial charge >= 0.3 is 6.55 Å². The van der Waals surface area contributed by atoms with Crippen molar-refractivity contribution in [1.82, 2.24) is 19.0 Å². The zero-order valence-corrected chi connectivity index (χ0v) is 15.9. The highest BCUT2D eigenvalue weighted by Crippen LogP contribution is 2.27. The molecule has 1 aliphatic heterocycles. The number of aromatic nitrogens is 2. The van der Waals surface area contributed by atoms with Crippen LogP contribution in [0.3, 0.4) is 0 Å². The van der Waals surface area contributed by atoms with Crippen molar-refractivity contribution in [3.8, 4) is 0 Å². The maximum atomic E-state index is 13.3. The first kappa shape index (κ1) is 19.8. The Morgan fingerprint density at radius 3 is 2.37 bits per heavy atom. The number of halogens is 3. The van der Waals surface area contributed by atoms with E-state index in [4.69, 9.17) is 0 Å². The molecule has 0 spiro atoms. The number of hydrogen-bond donors (Lipinski definition) is 0. The van der Waals surface area contributed by atoms with Gasteiger partial charge in [0.25, 0.3) is 0 Å². The van der Waals surface area contributed by atoms with Crippen molar-refractivity contribution in [1.29, 1.82) is 0 Å². The molecule has 0 bridgehead atoms. The van der Waals surface area contributed by atoms with Crippen molar-refractivity contribution in [2.24, 2.45) is 0 Å². The number of alkyl halides is 2. The summed E-state index contributed by atoms with van der Waals surface area (Å²) in [4.78, 5) is 1.88. The van der Waals surface area contributed by atoms with E-state index in [1.165, 1.54) is 30.3 Å². The number of sulfonamides is 1. The number of piperazine rings is 1. The van der Waals surface area contributed by atoms with Crippen LogP contribution < -0.4 is 0 Å². The van der Waals surface area contributed by atoms with Crippen LogP contribution in [0.25, 0.3) is 0 Å². The molecule has 6 nitrogen and oxygen atoms in total. The number of benzene rings is 1. The van der Waals surface area contributed by atoms with E-state index in [9.17, 15) is 21.6 Å². The lowest BCUT2D eigenvalue weighted by Crippen LogP contribution is -2.48. The third-order valence-electron chi connectivity index (χ3n) is 4.67. The van der Waals surface area contributed by atoms with Crippen LogP contribution in [-0.2, 0) is 16.6 Å². The van der Waals surface area contributed by atoms with Crippen molar-refractivity contribution in [3.05, 3.63) is 47.0 Å². The molecule has 1 aromatic carbocycles. The van der Waals surface area contributed by atoms with Gasteiger partial charge in [0.05, 0.1) is 11.4 Å². The fourth-order valence-corrected chi connectivity index (χ4v) is 5.15. The predicted octanol–water partition coefficient (Wildman–Crippen LogP) is 2.54. The Kier molecular flexibility index (Phi) is 5.59. The summed E-state index contributed by atoms with van der Waals surface area (Å²) in [5.74, 6) is -0.310. The van der Waals surface area contributed by atoms with E-state index in [1.807, 2.05) is 11.0 Å². The fraction of sp³-hybridized carbons (Fsp3) is 0.471. The van der Waals surface area contributed by atoms with Gasteiger partial charge in [-0.25, -0.2) is 17.5 Å². The van der Waals surface area contributed by atoms with Crippen LogP contribution in [0.1, 0.15) is 23.5 Å². The molecule has 3 rings (SSSR count). The molecule has 0 radical (unpaired) electrons. The first-order valence-corrected chi connectivity index (χ1v) is 9.95. The molecular formula is C17H21F3N4O2S. The fourth-order valence-electron chi connectivity index (χ4n) is 3.36. The van der Waals surface area contributed by atoms with Crippen molar-refractivity contribution in [3.63, 3.8) is 0 Å². The van der Waals surface area contributed by atoms with Gasteiger partial charge in [0.1, 0.15) is 10.7 Å². The molecule has 2 aromatic rings. The van der Waals surface area contributed by atoms with Gasteiger partial charge in [0.2, 0.25) is 10.0 Å². The summed E-state index contributed by atoms with van der Waals surface area (Å²) in [6, 6.07) is 6.28. The smallest absolute Gasteiger partial charge is 0.296 e. The first-order chi connectivity index (χ1) is 12.7. The SMILES string of the molecule is Cc1nn(C(F)F)c(C)c1S(=O)(=O)N1CCN(Cc2cccc(F)c2)CC1. The monoisotopic (exact) mass is 402 g/mol. The molecule has 0 saturated carbocycles. The Morgan fingerprint density at radius 1 is 1.15 bits per heavy atom. The highest BCUT2D eigenvalue weighted by Gasteiger charge is 2.34. The minimum atomic E-state index is -3.91. The molecule has 0 N–H and O–H groups in total. The summed E-state index contributed by atoms with van der Waals surface area (Å²) in [6.45, 7) is 1.78. The molecule has 0 atom stereocenters. The second-order valence-corrected chi connectivity index (χ2v) is 8.41. The zero-order chi connectivity index (χ0) is 19.8. The number of rotatable bonds is 5. The van der Waals surface area contributed by atoms with Crippen LogP contribution in [0.4, 0.5) is 13.2 Å². The Hall–Kier alpha value is -1.91. The highest BCUT2D eigenvalue weighted by molar-refractivity contribution is 7.89. The molecular weight excluding hydrogens is 381 g/mol. The average Bonchev–Trinajstić information content (AvgIpc) is 2.91. The van der Waals surface area contributed by atoms with Gasteiger partial charge < -0.3 is 0 Å². The highest BCUT2D eigenvalue weighted by atomic mass is 32.2. The third kappa shape index (κ3) is 4.02. The van der Waals surface area contributed by atoms with Crippen LogP contribution >= 0.6 is 0 Å². The van der Waals surface area contributed by atoms with Gasteiger partial charge in [-0.2, -0.15) is 18.2 Å². The standard InChI is InChI=1S/C17H21F3N4O2S/c1-12-16(13(2)24(21-12)17(19)20)27(25,26)23-8-6-22(7-9-23)11-14-4-3-5-15(18)10-14/h3-5,10,17H,6-9,11H2,1-2H3. The van der Waals surface area contributed by atoms with E-state index in [0.29, 0.717) is 24.3 Å².